The molecule has 5 heteroatoms. The summed E-state index contributed by atoms with van der Waals surface area (Å²) in [6.45, 7) is 3.98. The van der Waals surface area contributed by atoms with Crippen LogP contribution in [0.3, 0.4) is 0 Å². The highest BCUT2D eigenvalue weighted by atomic mass is 16.5. The monoisotopic (exact) mass is 273 g/mol. The second-order valence-electron chi connectivity index (χ2n) is 4.61. The molecule has 0 spiro atoms. The van der Waals surface area contributed by atoms with Crippen LogP contribution in [0.2, 0.25) is 0 Å². The number of aromatic nitrogens is 2. The van der Waals surface area contributed by atoms with Gasteiger partial charge in [0.1, 0.15) is 0 Å². The van der Waals surface area contributed by atoms with Gasteiger partial charge >= 0.3 is 0 Å². The van der Waals surface area contributed by atoms with Crippen molar-refractivity contribution >= 4 is 5.91 Å². The molecule has 20 heavy (non-hydrogen) atoms. The fourth-order valence-corrected chi connectivity index (χ4v) is 1.77. The van der Waals surface area contributed by atoms with Gasteiger partial charge in [-0.2, -0.15) is 5.10 Å². The number of carbonyl (C=O) groups is 1. The Morgan fingerprint density at radius 1 is 1.40 bits per heavy atom. The molecule has 1 heterocycles. The zero-order valence-electron chi connectivity index (χ0n) is 12.0. The number of benzene rings is 1. The van der Waals surface area contributed by atoms with Crippen LogP contribution in [0, 0.1) is 0 Å². The largest absolute Gasteiger partial charge is 0.493 e. The third-order valence-corrected chi connectivity index (χ3v) is 3.13. The van der Waals surface area contributed by atoms with Crippen molar-refractivity contribution in [1.29, 1.82) is 0 Å². The van der Waals surface area contributed by atoms with Crippen LogP contribution in [0.4, 0.5) is 0 Å². The average Bonchev–Trinajstić information content (AvgIpc) is 2.92. The lowest BCUT2D eigenvalue weighted by Crippen LogP contribution is -2.32. The predicted molar refractivity (Wildman–Crippen MR) is 77.3 cm³/mol. The molecule has 0 fully saturated rings. The Hall–Kier alpha value is -2.30. The number of rotatable bonds is 5. The van der Waals surface area contributed by atoms with Gasteiger partial charge in [-0.1, -0.05) is 25.1 Å². The van der Waals surface area contributed by atoms with Gasteiger partial charge in [0.15, 0.2) is 11.4 Å². The molecule has 1 amide bonds. The average molecular weight is 273 g/mol. The quantitative estimate of drug-likeness (QED) is 0.910. The Morgan fingerprint density at radius 3 is 2.70 bits per heavy atom. The highest BCUT2D eigenvalue weighted by molar-refractivity contribution is 5.95. The number of hydrogen-bond acceptors (Lipinski definition) is 3. The zero-order chi connectivity index (χ0) is 14.5. The molecular weight excluding hydrogens is 254 g/mol. The van der Waals surface area contributed by atoms with E-state index in [-0.39, 0.29) is 11.9 Å². The molecule has 0 radical (unpaired) electrons. The SMILES string of the molecule is CCC(C)NC(=O)c1nn(-c2ccccc2)cc1OC. The fourth-order valence-electron chi connectivity index (χ4n) is 1.77. The first-order chi connectivity index (χ1) is 9.65. The van der Waals surface area contributed by atoms with Crippen LogP contribution in [0.15, 0.2) is 36.5 Å². The summed E-state index contributed by atoms with van der Waals surface area (Å²) in [5.74, 6) is 0.250. The number of amides is 1. The highest BCUT2D eigenvalue weighted by Crippen LogP contribution is 2.19. The van der Waals surface area contributed by atoms with Crippen molar-refractivity contribution in [2.24, 2.45) is 0 Å². The van der Waals surface area contributed by atoms with Gasteiger partial charge in [-0.05, 0) is 25.5 Å². The summed E-state index contributed by atoms with van der Waals surface area (Å²) in [7, 11) is 1.53. The Balaban J connectivity index is 2.30. The van der Waals surface area contributed by atoms with E-state index in [0.717, 1.165) is 12.1 Å². The molecule has 106 valence electrons. The minimum absolute atomic E-state index is 0.106. The molecule has 0 aliphatic rings. The molecule has 1 N–H and O–H groups in total. The van der Waals surface area contributed by atoms with Crippen LogP contribution >= 0.6 is 0 Å². The van der Waals surface area contributed by atoms with Crippen LogP contribution in [0.5, 0.6) is 5.75 Å². The van der Waals surface area contributed by atoms with Gasteiger partial charge < -0.3 is 10.1 Å². The van der Waals surface area contributed by atoms with E-state index in [1.165, 1.54) is 7.11 Å². The Kier molecular flexibility index (Phi) is 4.40. The molecule has 2 aromatic rings. The molecule has 0 aliphatic carbocycles. The van der Waals surface area contributed by atoms with Crippen molar-refractivity contribution < 1.29 is 9.53 Å². The number of hydrogen-bond donors (Lipinski definition) is 1. The van der Waals surface area contributed by atoms with Crippen molar-refractivity contribution in [1.82, 2.24) is 15.1 Å². The lowest BCUT2D eigenvalue weighted by Gasteiger charge is -2.10. The second-order valence-corrected chi connectivity index (χ2v) is 4.61. The van der Waals surface area contributed by atoms with E-state index in [1.54, 1.807) is 10.9 Å². The van der Waals surface area contributed by atoms with Crippen LogP contribution in [-0.2, 0) is 0 Å². The third kappa shape index (κ3) is 2.99. The van der Waals surface area contributed by atoms with E-state index in [4.69, 9.17) is 4.74 Å². The van der Waals surface area contributed by atoms with Crippen molar-refractivity contribution in [3.05, 3.63) is 42.2 Å². The molecule has 1 aromatic carbocycles. The van der Waals surface area contributed by atoms with E-state index >= 15 is 0 Å². The van der Waals surface area contributed by atoms with Gasteiger partial charge in [0.2, 0.25) is 0 Å². The van der Waals surface area contributed by atoms with Gasteiger partial charge in [-0.3, -0.25) is 4.79 Å². The lowest BCUT2D eigenvalue weighted by molar-refractivity contribution is 0.0931. The third-order valence-electron chi connectivity index (χ3n) is 3.13. The fraction of sp³-hybridized carbons (Fsp3) is 0.333. The van der Waals surface area contributed by atoms with Crippen molar-refractivity contribution in [3.63, 3.8) is 0 Å². The predicted octanol–water partition coefficient (Wildman–Crippen LogP) is 2.41. The lowest BCUT2D eigenvalue weighted by atomic mass is 10.2. The molecule has 0 aliphatic heterocycles. The summed E-state index contributed by atoms with van der Waals surface area (Å²) in [5.41, 5.74) is 1.19. The first-order valence-corrected chi connectivity index (χ1v) is 6.65. The number of ether oxygens (including phenoxy) is 1. The number of carbonyl (C=O) groups excluding carboxylic acids is 1. The molecule has 0 saturated heterocycles. The minimum atomic E-state index is -0.217. The van der Waals surface area contributed by atoms with Gasteiger partial charge in [-0.25, -0.2) is 4.68 Å². The Morgan fingerprint density at radius 2 is 2.10 bits per heavy atom. The highest BCUT2D eigenvalue weighted by Gasteiger charge is 2.19. The maximum Gasteiger partial charge on any atom is 0.275 e. The summed E-state index contributed by atoms with van der Waals surface area (Å²) in [6.07, 6.45) is 2.58. The smallest absolute Gasteiger partial charge is 0.275 e. The maximum absolute atomic E-state index is 12.2. The summed E-state index contributed by atoms with van der Waals surface area (Å²) in [5, 5.41) is 7.21. The molecule has 1 aromatic heterocycles. The number of nitrogens with zero attached hydrogens (tertiary/aromatic N) is 2. The standard InChI is InChI=1S/C15H19N3O2/c1-4-11(2)16-15(19)14-13(20-3)10-18(17-14)12-8-6-5-7-9-12/h5-11H,4H2,1-3H3,(H,16,19). The zero-order valence-corrected chi connectivity index (χ0v) is 12.0. The van der Waals surface area contributed by atoms with Gasteiger partial charge in [0.25, 0.3) is 5.91 Å². The molecular formula is C15H19N3O2. The number of para-hydroxylation sites is 1. The molecule has 0 saturated carbocycles. The van der Waals surface area contributed by atoms with Crippen molar-refractivity contribution in [3.8, 4) is 11.4 Å². The van der Waals surface area contributed by atoms with Gasteiger partial charge in [-0.15, -0.1) is 0 Å². The van der Waals surface area contributed by atoms with Gasteiger partial charge in [0, 0.05) is 6.04 Å². The van der Waals surface area contributed by atoms with Crippen LogP contribution in [0.1, 0.15) is 30.8 Å². The van der Waals surface area contributed by atoms with E-state index in [1.807, 2.05) is 44.2 Å². The topological polar surface area (TPSA) is 56.2 Å². The summed E-state index contributed by atoms with van der Waals surface area (Å²) in [6, 6.07) is 9.71. The van der Waals surface area contributed by atoms with Gasteiger partial charge in [0.05, 0.1) is 19.0 Å². The van der Waals surface area contributed by atoms with Crippen LogP contribution in [-0.4, -0.2) is 28.8 Å². The summed E-state index contributed by atoms with van der Waals surface area (Å²) < 4.78 is 6.88. The van der Waals surface area contributed by atoms with E-state index in [9.17, 15) is 4.79 Å². The molecule has 1 atom stereocenters. The molecule has 1 unspecified atom stereocenters. The van der Waals surface area contributed by atoms with Crippen molar-refractivity contribution in [2.75, 3.05) is 7.11 Å². The summed E-state index contributed by atoms with van der Waals surface area (Å²) >= 11 is 0. The number of methoxy groups -OCH3 is 1. The Bertz CT molecular complexity index is 578. The van der Waals surface area contributed by atoms with Crippen LogP contribution in [0.25, 0.3) is 5.69 Å². The van der Waals surface area contributed by atoms with E-state index in [2.05, 4.69) is 10.4 Å². The normalized spacial score (nSPS) is 11.9. The van der Waals surface area contributed by atoms with Crippen LogP contribution < -0.4 is 10.1 Å². The Labute approximate surface area is 118 Å². The van der Waals surface area contributed by atoms with Crippen molar-refractivity contribution in [2.45, 2.75) is 26.3 Å². The first-order valence-electron chi connectivity index (χ1n) is 6.65. The molecule has 0 bridgehead atoms. The summed E-state index contributed by atoms with van der Waals surface area (Å²) in [4.78, 5) is 12.2. The minimum Gasteiger partial charge on any atom is -0.493 e. The molecule has 5 nitrogen and oxygen atoms in total. The number of nitrogens with one attached hydrogen (secondary N) is 1. The van der Waals surface area contributed by atoms with E-state index in [0.29, 0.717) is 11.4 Å². The first kappa shape index (κ1) is 14.1. The second kappa shape index (κ2) is 6.23. The maximum atomic E-state index is 12.2. The van der Waals surface area contributed by atoms with E-state index < -0.39 is 0 Å². The molecule has 2 rings (SSSR count).